The van der Waals surface area contributed by atoms with E-state index in [9.17, 15) is 14.7 Å². The predicted molar refractivity (Wildman–Crippen MR) is 119 cm³/mol. The number of para-hydroxylation sites is 1. The SMILES string of the molecule is O=C(c1cn2c3ccccc3c(=O)n(Cc3ccccc3Cl)c2n1)N1CCC(O)CC1. The van der Waals surface area contributed by atoms with Gasteiger partial charge in [0.05, 0.1) is 23.6 Å². The zero-order chi connectivity index (χ0) is 21.5. The van der Waals surface area contributed by atoms with Gasteiger partial charge >= 0.3 is 0 Å². The lowest BCUT2D eigenvalue weighted by Gasteiger charge is -2.28. The quantitative estimate of drug-likeness (QED) is 0.535. The lowest BCUT2D eigenvalue weighted by atomic mass is 10.1. The smallest absolute Gasteiger partial charge is 0.274 e. The minimum Gasteiger partial charge on any atom is -0.393 e. The van der Waals surface area contributed by atoms with E-state index in [4.69, 9.17) is 11.6 Å². The molecule has 2 aromatic carbocycles. The number of fused-ring (bicyclic) bond motifs is 3. The summed E-state index contributed by atoms with van der Waals surface area (Å²) >= 11 is 6.34. The molecule has 1 N–H and O–H groups in total. The number of halogens is 1. The highest BCUT2D eigenvalue weighted by Gasteiger charge is 2.25. The number of aliphatic hydroxyl groups is 1. The molecule has 1 saturated heterocycles. The Morgan fingerprint density at radius 3 is 2.58 bits per heavy atom. The van der Waals surface area contributed by atoms with E-state index in [0.29, 0.717) is 47.6 Å². The molecule has 0 saturated carbocycles. The van der Waals surface area contributed by atoms with Crippen LogP contribution in [-0.4, -0.2) is 49.1 Å². The maximum absolute atomic E-state index is 13.3. The molecule has 5 rings (SSSR count). The highest BCUT2D eigenvalue weighted by Crippen LogP contribution is 2.20. The van der Waals surface area contributed by atoms with Gasteiger partial charge in [-0.1, -0.05) is 41.9 Å². The zero-order valence-electron chi connectivity index (χ0n) is 16.7. The lowest BCUT2D eigenvalue weighted by molar-refractivity contribution is 0.0542. The number of carbonyl (C=O) groups is 1. The Morgan fingerprint density at radius 2 is 1.81 bits per heavy atom. The van der Waals surface area contributed by atoms with E-state index in [1.807, 2.05) is 36.4 Å². The average molecular weight is 437 g/mol. The van der Waals surface area contributed by atoms with Crippen molar-refractivity contribution < 1.29 is 9.90 Å². The third kappa shape index (κ3) is 3.49. The summed E-state index contributed by atoms with van der Waals surface area (Å²) in [4.78, 5) is 32.7. The molecule has 1 amide bonds. The Hall–Kier alpha value is -3.16. The molecule has 1 aliphatic rings. The van der Waals surface area contributed by atoms with E-state index in [1.54, 1.807) is 32.2 Å². The van der Waals surface area contributed by atoms with Crippen molar-refractivity contribution >= 4 is 34.2 Å². The molecule has 3 heterocycles. The van der Waals surface area contributed by atoms with Gasteiger partial charge in [-0.2, -0.15) is 0 Å². The number of aliphatic hydroxyl groups excluding tert-OH is 1. The fourth-order valence-electron chi connectivity index (χ4n) is 4.11. The normalized spacial score (nSPS) is 15.1. The number of piperidine rings is 1. The predicted octanol–water partition coefficient (Wildman–Crippen LogP) is 2.95. The first-order valence-electron chi connectivity index (χ1n) is 10.2. The van der Waals surface area contributed by atoms with Gasteiger partial charge in [0.15, 0.2) is 0 Å². The minimum absolute atomic E-state index is 0.186. The van der Waals surface area contributed by atoms with Crippen LogP contribution in [-0.2, 0) is 6.54 Å². The summed E-state index contributed by atoms with van der Waals surface area (Å²) in [6.07, 6.45) is 2.43. The first-order valence-corrected chi connectivity index (χ1v) is 10.6. The second-order valence-electron chi connectivity index (χ2n) is 7.82. The van der Waals surface area contributed by atoms with Gasteiger partial charge in [-0.3, -0.25) is 18.6 Å². The van der Waals surface area contributed by atoms with Gasteiger partial charge in [0.1, 0.15) is 5.69 Å². The van der Waals surface area contributed by atoms with E-state index < -0.39 is 0 Å². The summed E-state index contributed by atoms with van der Waals surface area (Å²) < 4.78 is 3.35. The van der Waals surface area contributed by atoms with Gasteiger partial charge in [0.2, 0.25) is 5.78 Å². The molecule has 0 spiro atoms. The maximum Gasteiger partial charge on any atom is 0.274 e. The number of amides is 1. The van der Waals surface area contributed by atoms with Crippen LogP contribution in [0.5, 0.6) is 0 Å². The topological polar surface area (TPSA) is 79.8 Å². The van der Waals surface area contributed by atoms with Crippen LogP contribution in [0.15, 0.2) is 59.5 Å². The second kappa shape index (κ2) is 7.83. The number of aromatic nitrogens is 3. The van der Waals surface area contributed by atoms with Gasteiger partial charge in [-0.25, -0.2) is 4.98 Å². The molecule has 2 aromatic heterocycles. The Bertz CT molecular complexity index is 1350. The summed E-state index contributed by atoms with van der Waals surface area (Å²) in [6.45, 7) is 1.22. The third-order valence-corrected chi connectivity index (χ3v) is 6.19. The molecule has 4 aromatic rings. The van der Waals surface area contributed by atoms with Crippen molar-refractivity contribution in [1.82, 2.24) is 18.9 Å². The van der Waals surface area contributed by atoms with E-state index in [1.165, 1.54) is 0 Å². The molecule has 7 nitrogen and oxygen atoms in total. The van der Waals surface area contributed by atoms with Crippen molar-refractivity contribution in [2.75, 3.05) is 13.1 Å². The van der Waals surface area contributed by atoms with Crippen molar-refractivity contribution in [3.05, 3.63) is 81.4 Å². The molecule has 0 radical (unpaired) electrons. The molecule has 1 fully saturated rings. The Labute approximate surface area is 183 Å². The van der Waals surface area contributed by atoms with Crippen LogP contribution in [0, 0.1) is 0 Å². The number of hydrogen-bond donors (Lipinski definition) is 1. The number of nitrogens with zero attached hydrogens (tertiary/aromatic N) is 4. The lowest BCUT2D eigenvalue weighted by Crippen LogP contribution is -2.40. The van der Waals surface area contributed by atoms with Crippen molar-refractivity contribution in [3.8, 4) is 0 Å². The van der Waals surface area contributed by atoms with Crippen LogP contribution in [0.3, 0.4) is 0 Å². The standard InChI is InChI=1S/C23H21ClN4O3/c24-18-7-3-1-5-15(18)13-28-21(30)17-6-2-4-8-20(17)27-14-19(25-23(27)28)22(31)26-11-9-16(29)10-12-26/h1-8,14,16,29H,9-13H2. The Kier molecular flexibility index (Phi) is 5.00. The van der Waals surface area contributed by atoms with Crippen molar-refractivity contribution in [2.45, 2.75) is 25.5 Å². The van der Waals surface area contributed by atoms with Gasteiger partial charge in [0, 0.05) is 24.3 Å². The van der Waals surface area contributed by atoms with Crippen LogP contribution in [0.4, 0.5) is 0 Å². The van der Waals surface area contributed by atoms with E-state index in [2.05, 4.69) is 4.98 Å². The van der Waals surface area contributed by atoms with Crippen molar-refractivity contribution in [3.63, 3.8) is 0 Å². The van der Waals surface area contributed by atoms with Crippen molar-refractivity contribution in [1.29, 1.82) is 0 Å². The molecule has 0 unspecified atom stereocenters. The third-order valence-electron chi connectivity index (χ3n) is 5.82. The molecule has 158 valence electrons. The van der Waals surface area contributed by atoms with Crippen LogP contribution in [0.25, 0.3) is 16.7 Å². The molecular weight excluding hydrogens is 416 g/mol. The largest absolute Gasteiger partial charge is 0.393 e. The number of rotatable bonds is 3. The molecule has 0 atom stereocenters. The first kappa shape index (κ1) is 19.8. The molecular formula is C23H21ClN4O3. The average Bonchev–Trinajstić information content (AvgIpc) is 3.23. The number of hydrogen-bond acceptors (Lipinski definition) is 4. The van der Waals surface area contributed by atoms with Crippen LogP contribution in [0.1, 0.15) is 28.9 Å². The summed E-state index contributed by atoms with van der Waals surface area (Å²) in [5.41, 5.74) is 1.58. The fraction of sp³-hybridized carbons (Fsp3) is 0.261. The molecule has 1 aliphatic heterocycles. The van der Waals surface area contributed by atoms with Gasteiger partial charge in [0.25, 0.3) is 11.5 Å². The van der Waals surface area contributed by atoms with Crippen LogP contribution >= 0.6 is 11.6 Å². The summed E-state index contributed by atoms with van der Waals surface area (Å²) in [7, 11) is 0. The first-order chi connectivity index (χ1) is 15.0. The molecule has 31 heavy (non-hydrogen) atoms. The minimum atomic E-state index is -0.366. The summed E-state index contributed by atoms with van der Waals surface area (Å²) in [5.74, 6) is 0.195. The number of benzene rings is 2. The highest BCUT2D eigenvalue weighted by molar-refractivity contribution is 6.31. The number of imidazole rings is 1. The van der Waals surface area contributed by atoms with Crippen molar-refractivity contribution in [2.24, 2.45) is 0 Å². The second-order valence-corrected chi connectivity index (χ2v) is 8.23. The molecule has 0 bridgehead atoms. The number of carbonyl (C=O) groups excluding carboxylic acids is 1. The summed E-state index contributed by atoms with van der Waals surface area (Å²) in [6, 6.07) is 14.7. The van der Waals surface area contributed by atoms with E-state index in [-0.39, 0.29) is 29.8 Å². The van der Waals surface area contributed by atoms with Crippen LogP contribution in [0.2, 0.25) is 5.02 Å². The zero-order valence-corrected chi connectivity index (χ0v) is 17.5. The van der Waals surface area contributed by atoms with Gasteiger partial charge in [-0.05, 0) is 36.6 Å². The summed E-state index contributed by atoms with van der Waals surface area (Å²) in [5, 5.41) is 10.8. The van der Waals surface area contributed by atoms with Gasteiger partial charge < -0.3 is 10.0 Å². The number of likely N-dealkylation sites (tertiary alicyclic amines) is 1. The molecule has 8 heteroatoms. The van der Waals surface area contributed by atoms with Gasteiger partial charge in [-0.15, -0.1) is 0 Å². The van der Waals surface area contributed by atoms with Crippen LogP contribution < -0.4 is 5.56 Å². The monoisotopic (exact) mass is 436 g/mol. The molecule has 0 aliphatic carbocycles. The van der Waals surface area contributed by atoms with E-state index in [0.717, 1.165) is 5.56 Å². The maximum atomic E-state index is 13.3. The van der Waals surface area contributed by atoms with E-state index >= 15 is 0 Å². The fourth-order valence-corrected chi connectivity index (χ4v) is 4.31. The Balaban J connectivity index is 1.67. The Morgan fingerprint density at radius 1 is 1.10 bits per heavy atom. The highest BCUT2D eigenvalue weighted by atomic mass is 35.5.